The minimum atomic E-state index is 0.329. The molecular formula is C18H25N3. The van der Waals surface area contributed by atoms with E-state index in [1.807, 2.05) is 0 Å². The fraction of sp³-hybridized carbons (Fsp3) is 0.611. The van der Waals surface area contributed by atoms with Gasteiger partial charge in [0.05, 0.1) is 6.07 Å². The lowest BCUT2D eigenvalue weighted by Crippen LogP contribution is -2.43. The Morgan fingerprint density at radius 3 is 2.52 bits per heavy atom. The quantitative estimate of drug-likeness (QED) is 0.872. The molecule has 0 atom stereocenters. The van der Waals surface area contributed by atoms with Gasteiger partial charge in [0.1, 0.15) is 0 Å². The van der Waals surface area contributed by atoms with E-state index in [-0.39, 0.29) is 0 Å². The maximum atomic E-state index is 8.87. The van der Waals surface area contributed by atoms with E-state index in [0.717, 1.165) is 19.5 Å². The van der Waals surface area contributed by atoms with Gasteiger partial charge in [-0.1, -0.05) is 30.3 Å². The minimum Gasteiger partial charge on any atom is -0.313 e. The van der Waals surface area contributed by atoms with Crippen molar-refractivity contribution in [2.75, 3.05) is 19.6 Å². The van der Waals surface area contributed by atoms with Crippen LogP contribution in [0.3, 0.4) is 0 Å². The van der Waals surface area contributed by atoms with Crippen LogP contribution in [0.1, 0.15) is 37.7 Å². The summed E-state index contributed by atoms with van der Waals surface area (Å²) in [7, 11) is 0. The van der Waals surface area contributed by atoms with Crippen LogP contribution in [-0.2, 0) is 6.54 Å². The third-order valence-electron chi connectivity index (χ3n) is 5.01. The number of rotatable bonds is 6. The van der Waals surface area contributed by atoms with Crippen LogP contribution in [0.5, 0.6) is 0 Å². The van der Waals surface area contributed by atoms with Crippen molar-refractivity contribution >= 4 is 0 Å². The second-order valence-electron chi connectivity index (χ2n) is 6.75. The Kier molecular flexibility index (Phi) is 4.57. The van der Waals surface area contributed by atoms with E-state index in [0.29, 0.717) is 11.5 Å². The lowest BCUT2D eigenvalue weighted by atomic mass is 10.00. The maximum Gasteiger partial charge on any atom is 0.0628 e. The monoisotopic (exact) mass is 283 g/mol. The second kappa shape index (κ2) is 6.60. The molecule has 1 N–H and O–H groups in total. The van der Waals surface area contributed by atoms with E-state index in [4.69, 9.17) is 5.26 Å². The van der Waals surface area contributed by atoms with Gasteiger partial charge in [-0.3, -0.25) is 4.90 Å². The lowest BCUT2D eigenvalue weighted by Gasteiger charge is -2.33. The average molecular weight is 283 g/mol. The van der Waals surface area contributed by atoms with Gasteiger partial charge in [0.15, 0.2) is 0 Å². The molecule has 3 rings (SSSR count). The van der Waals surface area contributed by atoms with Crippen molar-refractivity contribution in [3.05, 3.63) is 35.9 Å². The van der Waals surface area contributed by atoms with Crippen LogP contribution >= 0.6 is 0 Å². The molecule has 0 amide bonds. The van der Waals surface area contributed by atoms with Crippen molar-refractivity contribution < 1.29 is 0 Å². The van der Waals surface area contributed by atoms with Gasteiger partial charge in [-0.05, 0) is 49.8 Å². The lowest BCUT2D eigenvalue weighted by molar-refractivity contribution is 0.187. The van der Waals surface area contributed by atoms with Gasteiger partial charge in [0, 0.05) is 25.6 Å². The SMILES string of the molecule is N#CCC1(CNC2CCN(Cc3ccccc3)CC2)CC1. The first-order valence-electron chi connectivity index (χ1n) is 8.16. The molecule has 1 heterocycles. The van der Waals surface area contributed by atoms with Crippen LogP contribution in [0.15, 0.2) is 30.3 Å². The number of piperidine rings is 1. The highest BCUT2D eigenvalue weighted by molar-refractivity contribution is 5.14. The Labute approximate surface area is 128 Å². The first kappa shape index (κ1) is 14.6. The summed E-state index contributed by atoms with van der Waals surface area (Å²) in [6.45, 7) is 4.48. The summed E-state index contributed by atoms with van der Waals surface area (Å²) in [5, 5.41) is 12.6. The topological polar surface area (TPSA) is 39.1 Å². The van der Waals surface area contributed by atoms with Crippen molar-refractivity contribution in [1.82, 2.24) is 10.2 Å². The highest BCUT2D eigenvalue weighted by Crippen LogP contribution is 2.48. The van der Waals surface area contributed by atoms with Crippen molar-refractivity contribution in [1.29, 1.82) is 5.26 Å². The highest BCUT2D eigenvalue weighted by Gasteiger charge is 2.42. The van der Waals surface area contributed by atoms with Crippen LogP contribution in [0, 0.1) is 16.7 Å². The largest absolute Gasteiger partial charge is 0.313 e. The summed E-state index contributed by atoms with van der Waals surface area (Å²) in [5.74, 6) is 0. The molecule has 1 saturated carbocycles. The Morgan fingerprint density at radius 2 is 1.90 bits per heavy atom. The van der Waals surface area contributed by atoms with Crippen molar-refractivity contribution in [2.45, 2.75) is 44.7 Å². The Balaban J connectivity index is 1.38. The Morgan fingerprint density at radius 1 is 1.19 bits per heavy atom. The number of likely N-dealkylation sites (tertiary alicyclic amines) is 1. The van der Waals surface area contributed by atoms with Crippen molar-refractivity contribution in [2.24, 2.45) is 5.41 Å². The number of nitriles is 1. The van der Waals surface area contributed by atoms with E-state index < -0.39 is 0 Å². The van der Waals surface area contributed by atoms with E-state index in [1.54, 1.807) is 0 Å². The predicted molar refractivity (Wildman–Crippen MR) is 84.6 cm³/mol. The molecule has 1 aliphatic heterocycles. The Hall–Kier alpha value is -1.37. The zero-order chi connectivity index (χ0) is 14.5. The predicted octanol–water partition coefficient (Wildman–Crippen LogP) is 2.93. The van der Waals surface area contributed by atoms with Gasteiger partial charge in [-0.25, -0.2) is 0 Å². The Bertz CT molecular complexity index is 479. The number of hydrogen-bond donors (Lipinski definition) is 1. The van der Waals surface area contributed by atoms with Gasteiger partial charge in [0.2, 0.25) is 0 Å². The van der Waals surface area contributed by atoms with E-state index in [9.17, 15) is 0 Å². The summed E-state index contributed by atoms with van der Waals surface area (Å²) < 4.78 is 0. The van der Waals surface area contributed by atoms with Crippen LogP contribution in [0.4, 0.5) is 0 Å². The van der Waals surface area contributed by atoms with E-state index in [1.165, 1.54) is 44.3 Å². The average Bonchev–Trinajstić information content (AvgIpc) is 3.28. The van der Waals surface area contributed by atoms with Crippen LogP contribution in [0.25, 0.3) is 0 Å². The smallest absolute Gasteiger partial charge is 0.0628 e. The van der Waals surface area contributed by atoms with Gasteiger partial charge >= 0.3 is 0 Å². The van der Waals surface area contributed by atoms with Crippen molar-refractivity contribution in [3.8, 4) is 6.07 Å². The number of benzene rings is 1. The number of nitrogens with one attached hydrogen (secondary N) is 1. The molecule has 1 aromatic rings. The molecule has 3 heteroatoms. The molecule has 112 valence electrons. The third kappa shape index (κ3) is 4.06. The molecule has 21 heavy (non-hydrogen) atoms. The number of nitrogens with zero attached hydrogens (tertiary/aromatic N) is 2. The molecule has 2 aliphatic rings. The molecule has 0 spiro atoms. The summed E-state index contributed by atoms with van der Waals surface area (Å²) in [4.78, 5) is 2.55. The van der Waals surface area contributed by atoms with Gasteiger partial charge < -0.3 is 5.32 Å². The van der Waals surface area contributed by atoms with Gasteiger partial charge in [-0.2, -0.15) is 5.26 Å². The second-order valence-corrected chi connectivity index (χ2v) is 6.75. The standard InChI is InChI=1S/C18H25N3/c19-11-10-18(8-9-18)15-20-17-6-12-21(13-7-17)14-16-4-2-1-3-5-16/h1-5,17,20H,6-10,12-15H2. The molecule has 1 aliphatic carbocycles. The molecule has 3 nitrogen and oxygen atoms in total. The summed E-state index contributed by atoms with van der Waals surface area (Å²) in [6, 6.07) is 13.7. The van der Waals surface area contributed by atoms with Crippen molar-refractivity contribution in [3.63, 3.8) is 0 Å². The molecule has 1 saturated heterocycles. The van der Waals surface area contributed by atoms with E-state index >= 15 is 0 Å². The third-order valence-corrected chi connectivity index (χ3v) is 5.01. The summed E-state index contributed by atoms with van der Waals surface area (Å²) in [6.07, 6.45) is 5.67. The maximum absolute atomic E-state index is 8.87. The van der Waals surface area contributed by atoms with Crippen LogP contribution < -0.4 is 5.32 Å². The minimum absolute atomic E-state index is 0.329. The fourth-order valence-corrected chi connectivity index (χ4v) is 3.26. The van der Waals surface area contributed by atoms with E-state index in [2.05, 4.69) is 46.6 Å². The van der Waals surface area contributed by atoms with Crippen LogP contribution in [0.2, 0.25) is 0 Å². The molecule has 0 radical (unpaired) electrons. The van der Waals surface area contributed by atoms with Crippen LogP contribution in [-0.4, -0.2) is 30.6 Å². The zero-order valence-corrected chi connectivity index (χ0v) is 12.7. The van der Waals surface area contributed by atoms with Gasteiger partial charge in [-0.15, -0.1) is 0 Å². The summed E-state index contributed by atoms with van der Waals surface area (Å²) >= 11 is 0. The van der Waals surface area contributed by atoms with Gasteiger partial charge in [0.25, 0.3) is 0 Å². The molecular weight excluding hydrogens is 258 g/mol. The molecule has 0 unspecified atom stereocenters. The summed E-state index contributed by atoms with van der Waals surface area (Å²) in [5.41, 5.74) is 1.74. The highest BCUT2D eigenvalue weighted by atomic mass is 15.1. The first-order valence-corrected chi connectivity index (χ1v) is 8.16. The normalized spacial score (nSPS) is 21.9. The molecule has 0 aromatic heterocycles. The molecule has 0 bridgehead atoms. The molecule has 1 aromatic carbocycles. The number of hydrogen-bond acceptors (Lipinski definition) is 3. The molecule has 2 fully saturated rings. The first-order chi connectivity index (χ1) is 10.3. The fourth-order valence-electron chi connectivity index (χ4n) is 3.26. The zero-order valence-electron chi connectivity index (χ0n) is 12.7.